The Bertz CT molecular complexity index is 5030. The van der Waals surface area contributed by atoms with E-state index in [2.05, 4.69) is 257 Å². The van der Waals surface area contributed by atoms with Gasteiger partial charge in [-0.3, -0.25) is 0 Å². The summed E-state index contributed by atoms with van der Waals surface area (Å²) in [6.45, 7) is 13.7. The van der Waals surface area contributed by atoms with Gasteiger partial charge in [-0.05, 0) is 127 Å². The average Bonchev–Trinajstić information content (AvgIpc) is 3.04. The summed E-state index contributed by atoms with van der Waals surface area (Å²) < 4.78 is 18.2. The van der Waals surface area contributed by atoms with Crippen molar-refractivity contribution in [1.82, 2.24) is 8.80 Å². The molecule has 0 fully saturated rings. The number of hydrogen-bond donors (Lipinski definition) is 0. The zero-order valence-electron chi connectivity index (χ0n) is 44.3. The minimum Gasteiger partial charge on any atom is -0.456 e. The predicted octanol–water partition coefficient (Wildman–Crippen LogP) is 21.0. The van der Waals surface area contributed by atoms with Crippen LogP contribution in [0.4, 0.5) is 0 Å². The minimum absolute atomic E-state index is 0.0622. The molecule has 0 radical (unpaired) electrons. The molecular formula is C74H52N2O2. The molecule has 0 aliphatic rings. The van der Waals surface area contributed by atoms with E-state index in [0.717, 1.165) is 43.9 Å². The molecular weight excluding hydrogens is 949 g/mol. The minimum atomic E-state index is 0.0622. The molecule has 0 saturated heterocycles. The van der Waals surface area contributed by atoms with E-state index in [1.165, 1.54) is 132 Å². The first kappa shape index (κ1) is 43.8. The van der Waals surface area contributed by atoms with E-state index in [9.17, 15) is 0 Å². The summed E-state index contributed by atoms with van der Waals surface area (Å²) in [5.74, 6) is 0. The number of benzene rings is 11. The Kier molecular flexibility index (Phi) is 8.53. The Morgan fingerprint density at radius 3 is 1.06 bits per heavy atom. The molecule has 0 N–H and O–H groups in total. The summed E-state index contributed by atoms with van der Waals surface area (Å²) in [5.41, 5.74) is 23.2. The van der Waals surface area contributed by atoms with Gasteiger partial charge in [-0.1, -0.05) is 187 Å². The highest BCUT2D eigenvalue weighted by Crippen LogP contribution is 2.54. The molecule has 17 aromatic rings. The largest absolute Gasteiger partial charge is 0.456 e. The molecule has 0 saturated carbocycles. The van der Waals surface area contributed by atoms with Gasteiger partial charge in [-0.25, -0.2) is 0 Å². The van der Waals surface area contributed by atoms with Crippen LogP contribution in [0.5, 0.6) is 0 Å². The Morgan fingerprint density at radius 1 is 0.269 bits per heavy atom. The smallest absolute Gasteiger partial charge is 0.136 e. The fourth-order valence-corrected chi connectivity index (χ4v) is 13.7. The van der Waals surface area contributed by atoms with Crippen molar-refractivity contribution in [2.24, 2.45) is 0 Å². The van der Waals surface area contributed by atoms with Gasteiger partial charge in [0.2, 0.25) is 0 Å². The predicted molar refractivity (Wildman–Crippen MR) is 329 cm³/mol. The van der Waals surface area contributed by atoms with Crippen LogP contribution in [-0.4, -0.2) is 8.80 Å². The summed E-state index contributed by atoms with van der Waals surface area (Å²) in [6, 6.07) is 77.1. The molecule has 6 aromatic heterocycles. The molecule has 0 spiro atoms. The summed E-state index contributed by atoms with van der Waals surface area (Å²) in [4.78, 5) is 0. The van der Waals surface area contributed by atoms with Gasteiger partial charge in [0.1, 0.15) is 22.3 Å². The molecule has 0 bridgehead atoms. The Labute approximate surface area is 449 Å². The van der Waals surface area contributed by atoms with Crippen LogP contribution in [0.15, 0.2) is 215 Å². The molecule has 0 aliphatic heterocycles. The maximum Gasteiger partial charge on any atom is 0.136 e. The number of rotatable bonds is 4. The molecule has 0 amide bonds. The van der Waals surface area contributed by atoms with Crippen LogP contribution in [0.3, 0.4) is 0 Å². The lowest BCUT2D eigenvalue weighted by Gasteiger charge is -2.19. The second-order valence-electron chi connectivity index (χ2n) is 24.0. The van der Waals surface area contributed by atoms with Gasteiger partial charge in [0.15, 0.2) is 0 Å². The summed E-state index contributed by atoms with van der Waals surface area (Å²) in [5, 5.41) is 14.7. The van der Waals surface area contributed by atoms with E-state index < -0.39 is 0 Å². The van der Waals surface area contributed by atoms with Crippen molar-refractivity contribution in [3.05, 3.63) is 217 Å². The number of nitrogens with zero attached hydrogens (tertiary/aromatic N) is 2. The van der Waals surface area contributed by atoms with Gasteiger partial charge in [-0.15, -0.1) is 0 Å². The maximum absolute atomic E-state index is 6.49. The normalized spacial score (nSPS) is 13.0. The highest BCUT2D eigenvalue weighted by Gasteiger charge is 2.30. The number of fused-ring (bicyclic) bond motifs is 20. The number of aromatic nitrogens is 2. The van der Waals surface area contributed by atoms with E-state index in [1.807, 2.05) is 0 Å². The van der Waals surface area contributed by atoms with Crippen LogP contribution in [0.2, 0.25) is 0 Å². The molecule has 6 heterocycles. The van der Waals surface area contributed by atoms with Gasteiger partial charge in [-0.2, -0.15) is 0 Å². The van der Waals surface area contributed by atoms with Crippen molar-refractivity contribution in [3.8, 4) is 44.5 Å². The average molecular weight is 1000 g/mol. The lowest BCUT2D eigenvalue weighted by molar-refractivity contribution is 0.590. The van der Waals surface area contributed by atoms with Crippen molar-refractivity contribution in [2.75, 3.05) is 0 Å². The molecule has 78 heavy (non-hydrogen) atoms. The van der Waals surface area contributed by atoms with Crippen LogP contribution >= 0.6 is 0 Å². The van der Waals surface area contributed by atoms with Gasteiger partial charge >= 0.3 is 0 Å². The van der Waals surface area contributed by atoms with Gasteiger partial charge < -0.3 is 17.6 Å². The van der Waals surface area contributed by atoms with Crippen molar-refractivity contribution >= 4 is 120 Å². The molecule has 0 aliphatic carbocycles. The van der Waals surface area contributed by atoms with Gasteiger partial charge in [0, 0.05) is 64.6 Å². The highest BCUT2D eigenvalue weighted by molar-refractivity contribution is 6.45. The van der Waals surface area contributed by atoms with Crippen molar-refractivity contribution in [1.29, 1.82) is 0 Å². The van der Waals surface area contributed by atoms with Crippen LogP contribution in [-0.2, 0) is 10.8 Å². The second-order valence-corrected chi connectivity index (χ2v) is 24.0. The third-order valence-corrected chi connectivity index (χ3v) is 17.5. The quantitative estimate of drug-likeness (QED) is 0.176. The zero-order valence-corrected chi connectivity index (χ0v) is 44.3. The Balaban J connectivity index is 1.03. The first-order chi connectivity index (χ1) is 37.9. The number of furan rings is 2. The van der Waals surface area contributed by atoms with Gasteiger partial charge in [0.25, 0.3) is 0 Å². The summed E-state index contributed by atoms with van der Waals surface area (Å²) in [6.07, 6.45) is 0. The van der Waals surface area contributed by atoms with Crippen molar-refractivity contribution in [3.63, 3.8) is 0 Å². The van der Waals surface area contributed by atoms with Crippen LogP contribution < -0.4 is 0 Å². The van der Waals surface area contributed by atoms with Crippen LogP contribution in [0.1, 0.15) is 52.7 Å². The van der Waals surface area contributed by atoms with E-state index in [-0.39, 0.29) is 10.8 Å². The molecule has 370 valence electrons. The molecule has 4 heteroatoms. The first-order valence-electron chi connectivity index (χ1n) is 27.4. The van der Waals surface area contributed by atoms with Gasteiger partial charge in [0.05, 0.1) is 33.1 Å². The van der Waals surface area contributed by atoms with Crippen LogP contribution in [0, 0.1) is 0 Å². The molecule has 0 atom stereocenters. The Hall–Kier alpha value is -9.38. The number of hydrogen-bond acceptors (Lipinski definition) is 2. The zero-order chi connectivity index (χ0) is 52.1. The van der Waals surface area contributed by atoms with Crippen LogP contribution in [0.25, 0.3) is 165 Å². The first-order valence-corrected chi connectivity index (χ1v) is 27.4. The lowest BCUT2D eigenvalue weighted by Crippen LogP contribution is -2.10. The van der Waals surface area contributed by atoms with E-state index in [1.54, 1.807) is 0 Å². The van der Waals surface area contributed by atoms with E-state index >= 15 is 0 Å². The Morgan fingerprint density at radius 2 is 0.641 bits per heavy atom. The number of para-hydroxylation sites is 2. The van der Waals surface area contributed by atoms with Crippen molar-refractivity contribution < 1.29 is 8.83 Å². The van der Waals surface area contributed by atoms with E-state index in [0.29, 0.717) is 0 Å². The highest BCUT2D eigenvalue weighted by atomic mass is 16.3. The molecule has 17 rings (SSSR count). The molecule has 11 aromatic carbocycles. The lowest BCUT2D eigenvalue weighted by atomic mass is 9.86. The monoisotopic (exact) mass is 1000 g/mol. The molecule has 4 nitrogen and oxygen atoms in total. The van der Waals surface area contributed by atoms with Crippen molar-refractivity contribution in [2.45, 2.75) is 52.4 Å². The van der Waals surface area contributed by atoms with E-state index in [4.69, 9.17) is 8.83 Å². The third kappa shape index (κ3) is 5.89. The fourth-order valence-electron chi connectivity index (χ4n) is 13.7. The maximum atomic E-state index is 6.49. The second kappa shape index (κ2) is 15.2. The topological polar surface area (TPSA) is 35.1 Å². The summed E-state index contributed by atoms with van der Waals surface area (Å²) >= 11 is 0. The SMILES string of the molecule is CC(C)(C)c1ccc(-c2ccc3c4c5c6cc(-c7cccc8oc9ccccc9c78)ccc6n6c7cc(-c8ccc(C(C)(C)C)cc8)ccc7c(c7c8cc(-c9cccc%10oc%11ccccc%11c9%10)ccc8n(c3c2)c74)c56)cc1. The third-order valence-electron chi connectivity index (χ3n) is 17.5. The standard InChI is InChI=1S/C74H52N2O2/c1-73(2,3)47-29-21-41(22-30-47)43-25-33-51-59(39-43)75-57-35-27-45(49-15-11-19-63-65(49)53-13-7-9-17-61(53)77-63)37-55(57)70-68-52-34-26-44(42-23-31-48(32-24-42)74(4,5)6)40-60(52)76-58-36-28-46(38-56(58)69(72(68)76)67(51)71(70)75)50-16-12-20-64-66(50)54-14-8-10-18-62(54)78-64/h7-40H,1-6H3. The fraction of sp³-hybridized carbons (Fsp3) is 0.108. The summed E-state index contributed by atoms with van der Waals surface area (Å²) in [7, 11) is 0. The molecule has 0 unspecified atom stereocenters.